The summed E-state index contributed by atoms with van der Waals surface area (Å²) in [6, 6.07) is 7.69. The molecule has 1 aromatic carbocycles. The number of nitrogens with one attached hydrogen (secondary N) is 1. The van der Waals surface area contributed by atoms with E-state index in [0.717, 1.165) is 11.3 Å². The SMILES string of the molecule is CC(=O)Nc1ccccc1CN(C)C[C@@H](C)O. The minimum atomic E-state index is -0.354. The summed E-state index contributed by atoms with van der Waals surface area (Å²) in [4.78, 5) is 13.1. The molecule has 0 radical (unpaired) electrons. The van der Waals surface area contributed by atoms with E-state index in [0.29, 0.717) is 13.1 Å². The first-order valence-electron chi connectivity index (χ1n) is 5.71. The molecule has 0 aliphatic heterocycles. The zero-order chi connectivity index (χ0) is 12.8. The number of hydrogen-bond acceptors (Lipinski definition) is 3. The monoisotopic (exact) mass is 236 g/mol. The number of carbonyl (C=O) groups excluding carboxylic acids is 1. The maximum absolute atomic E-state index is 11.1. The molecule has 0 aliphatic carbocycles. The molecule has 0 aromatic heterocycles. The van der Waals surface area contributed by atoms with Crippen molar-refractivity contribution in [1.29, 1.82) is 0 Å². The predicted molar refractivity (Wildman–Crippen MR) is 68.8 cm³/mol. The third-order valence-corrected chi connectivity index (χ3v) is 2.34. The summed E-state index contributed by atoms with van der Waals surface area (Å²) in [6.45, 7) is 4.56. The molecule has 0 bridgehead atoms. The third kappa shape index (κ3) is 4.97. The Kier molecular flexibility index (Phi) is 5.12. The number of amides is 1. The van der Waals surface area contributed by atoms with Crippen LogP contribution >= 0.6 is 0 Å². The lowest BCUT2D eigenvalue weighted by atomic mass is 10.1. The molecule has 1 atom stereocenters. The Labute approximate surface area is 102 Å². The van der Waals surface area contributed by atoms with Gasteiger partial charge < -0.3 is 10.4 Å². The fourth-order valence-electron chi connectivity index (χ4n) is 1.78. The Morgan fingerprint density at radius 3 is 2.71 bits per heavy atom. The predicted octanol–water partition coefficient (Wildman–Crippen LogP) is 1.46. The fraction of sp³-hybridized carbons (Fsp3) is 0.462. The summed E-state index contributed by atoms with van der Waals surface area (Å²) < 4.78 is 0. The second-order valence-corrected chi connectivity index (χ2v) is 4.38. The van der Waals surface area contributed by atoms with Crippen molar-refractivity contribution >= 4 is 11.6 Å². The van der Waals surface area contributed by atoms with Gasteiger partial charge in [0.15, 0.2) is 0 Å². The van der Waals surface area contributed by atoms with Gasteiger partial charge in [-0.2, -0.15) is 0 Å². The molecule has 1 aromatic rings. The molecule has 4 nitrogen and oxygen atoms in total. The summed E-state index contributed by atoms with van der Waals surface area (Å²) in [5.74, 6) is -0.0735. The van der Waals surface area contributed by atoms with Gasteiger partial charge in [0, 0.05) is 25.7 Å². The molecule has 94 valence electrons. The Hall–Kier alpha value is -1.39. The normalized spacial score (nSPS) is 12.5. The summed E-state index contributed by atoms with van der Waals surface area (Å²) in [5.41, 5.74) is 1.88. The van der Waals surface area contributed by atoms with Crippen molar-refractivity contribution < 1.29 is 9.90 Å². The van der Waals surface area contributed by atoms with Gasteiger partial charge in [-0.25, -0.2) is 0 Å². The fourth-order valence-corrected chi connectivity index (χ4v) is 1.78. The number of aliphatic hydroxyl groups excluding tert-OH is 1. The van der Waals surface area contributed by atoms with Crippen molar-refractivity contribution in [1.82, 2.24) is 4.90 Å². The van der Waals surface area contributed by atoms with Crippen LogP contribution in [0.4, 0.5) is 5.69 Å². The van der Waals surface area contributed by atoms with Crippen LogP contribution in [0.3, 0.4) is 0 Å². The highest BCUT2D eigenvalue weighted by Crippen LogP contribution is 2.16. The minimum Gasteiger partial charge on any atom is -0.392 e. The topological polar surface area (TPSA) is 52.6 Å². The molecule has 1 rings (SSSR count). The molecule has 4 heteroatoms. The number of anilines is 1. The second kappa shape index (κ2) is 6.37. The summed E-state index contributed by atoms with van der Waals surface area (Å²) in [7, 11) is 1.94. The van der Waals surface area contributed by atoms with E-state index >= 15 is 0 Å². The molecule has 17 heavy (non-hydrogen) atoms. The first-order chi connectivity index (χ1) is 7.99. The van der Waals surface area contributed by atoms with E-state index in [1.165, 1.54) is 6.92 Å². The summed E-state index contributed by atoms with van der Waals surface area (Å²) in [6.07, 6.45) is -0.354. The molecule has 0 fully saturated rings. The molecule has 0 saturated heterocycles. The van der Waals surface area contributed by atoms with Gasteiger partial charge in [0.05, 0.1) is 6.10 Å². The van der Waals surface area contributed by atoms with E-state index in [-0.39, 0.29) is 12.0 Å². The lowest BCUT2D eigenvalue weighted by molar-refractivity contribution is -0.114. The van der Waals surface area contributed by atoms with Gasteiger partial charge in [-0.3, -0.25) is 9.69 Å². The van der Waals surface area contributed by atoms with E-state index in [1.807, 2.05) is 36.2 Å². The van der Waals surface area contributed by atoms with Crippen LogP contribution in [-0.4, -0.2) is 35.6 Å². The minimum absolute atomic E-state index is 0.0735. The number of aliphatic hydroxyl groups is 1. The van der Waals surface area contributed by atoms with Crippen LogP contribution in [0.5, 0.6) is 0 Å². The quantitative estimate of drug-likeness (QED) is 0.813. The molecule has 2 N–H and O–H groups in total. The highest BCUT2D eigenvalue weighted by Gasteiger charge is 2.08. The van der Waals surface area contributed by atoms with Gasteiger partial charge in [0.1, 0.15) is 0 Å². The Morgan fingerprint density at radius 2 is 2.12 bits per heavy atom. The maximum atomic E-state index is 11.1. The van der Waals surface area contributed by atoms with E-state index in [4.69, 9.17) is 0 Å². The van der Waals surface area contributed by atoms with E-state index in [2.05, 4.69) is 5.32 Å². The number of benzene rings is 1. The Bertz CT molecular complexity index is 377. The summed E-state index contributed by atoms with van der Waals surface area (Å²) in [5, 5.41) is 12.1. The zero-order valence-corrected chi connectivity index (χ0v) is 10.6. The van der Waals surface area contributed by atoms with Crippen molar-refractivity contribution in [3.8, 4) is 0 Å². The lowest BCUT2D eigenvalue weighted by Crippen LogP contribution is -2.27. The van der Waals surface area contributed by atoms with Gasteiger partial charge in [-0.05, 0) is 25.6 Å². The molecule has 0 aliphatic rings. The molecule has 0 heterocycles. The standard InChI is InChI=1S/C13H20N2O2/c1-10(16)8-15(3)9-12-6-4-5-7-13(12)14-11(2)17/h4-7,10,16H,8-9H2,1-3H3,(H,14,17)/t10-/m1/s1. The van der Waals surface area contributed by atoms with Gasteiger partial charge in [-0.15, -0.1) is 0 Å². The molecule has 0 saturated carbocycles. The zero-order valence-electron chi connectivity index (χ0n) is 10.6. The first-order valence-corrected chi connectivity index (χ1v) is 5.71. The number of para-hydroxylation sites is 1. The molecule has 0 spiro atoms. The molecular weight excluding hydrogens is 216 g/mol. The first kappa shape index (κ1) is 13.7. The van der Waals surface area contributed by atoms with Crippen molar-refractivity contribution in [2.45, 2.75) is 26.5 Å². The maximum Gasteiger partial charge on any atom is 0.221 e. The van der Waals surface area contributed by atoms with Crippen molar-refractivity contribution in [3.63, 3.8) is 0 Å². The number of nitrogens with zero attached hydrogens (tertiary/aromatic N) is 1. The molecular formula is C13H20N2O2. The average molecular weight is 236 g/mol. The lowest BCUT2D eigenvalue weighted by Gasteiger charge is -2.20. The largest absolute Gasteiger partial charge is 0.392 e. The van der Waals surface area contributed by atoms with Crippen LogP contribution in [0, 0.1) is 0 Å². The van der Waals surface area contributed by atoms with E-state index in [1.54, 1.807) is 6.92 Å². The molecule has 0 unspecified atom stereocenters. The van der Waals surface area contributed by atoms with Crippen LogP contribution in [-0.2, 0) is 11.3 Å². The van der Waals surface area contributed by atoms with Crippen LogP contribution in [0.2, 0.25) is 0 Å². The van der Waals surface area contributed by atoms with Crippen molar-refractivity contribution in [3.05, 3.63) is 29.8 Å². The number of rotatable bonds is 5. The average Bonchev–Trinajstić information content (AvgIpc) is 2.18. The van der Waals surface area contributed by atoms with Crippen LogP contribution in [0.15, 0.2) is 24.3 Å². The van der Waals surface area contributed by atoms with Crippen molar-refractivity contribution in [2.75, 3.05) is 18.9 Å². The number of carbonyl (C=O) groups is 1. The highest BCUT2D eigenvalue weighted by molar-refractivity contribution is 5.89. The van der Waals surface area contributed by atoms with Gasteiger partial charge >= 0.3 is 0 Å². The van der Waals surface area contributed by atoms with Crippen molar-refractivity contribution in [2.24, 2.45) is 0 Å². The smallest absolute Gasteiger partial charge is 0.221 e. The Balaban J connectivity index is 2.72. The van der Waals surface area contributed by atoms with Crippen LogP contribution in [0.25, 0.3) is 0 Å². The number of hydrogen-bond donors (Lipinski definition) is 2. The Morgan fingerprint density at radius 1 is 1.47 bits per heavy atom. The third-order valence-electron chi connectivity index (χ3n) is 2.34. The van der Waals surface area contributed by atoms with E-state index < -0.39 is 0 Å². The number of likely N-dealkylation sites (N-methyl/N-ethyl adjacent to an activating group) is 1. The highest BCUT2D eigenvalue weighted by atomic mass is 16.3. The molecule has 1 amide bonds. The van der Waals surface area contributed by atoms with Gasteiger partial charge in [-0.1, -0.05) is 18.2 Å². The van der Waals surface area contributed by atoms with Gasteiger partial charge in [0.2, 0.25) is 5.91 Å². The second-order valence-electron chi connectivity index (χ2n) is 4.38. The van der Waals surface area contributed by atoms with Crippen LogP contribution < -0.4 is 5.32 Å². The summed E-state index contributed by atoms with van der Waals surface area (Å²) >= 11 is 0. The van der Waals surface area contributed by atoms with Crippen LogP contribution in [0.1, 0.15) is 19.4 Å². The van der Waals surface area contributed by atoms with E-state index in [9.17, 15) is 9.90 Å². The van der Waals surface area contributed by atoms with Gasteiger partial charge in [0.25, 0.3) is 0 Å².